The molecule has 2 aromatic heterocycles. The van der Waals surface area contributed by atoms with Crippen molar-refractivity contribution in [2.75, 3.05) is 0 Å². The number of para-hydroxylation sites is 2. The van der Waals surface area contributed by atoms with Crippen LogP contribution < -0.4 is 0 Å². The lowest BCUT2D eigenvalue weighted by Gasteiger charge is -2.09. The van der Waals surface area contributed by atoms with Crippen LogP contribution in [0, 0.1) is 0 Å². The number of imidazole rings is 1. The molecule has 0 aliphatic heterocycles. The lowest BCUT2D eigenvalue weighted by atomic mass is 10.2. The van der Waals surface area contributed by atoms with Gasteiger partial charge >= 0.3 is 0 Å². The van der Waals surface area contributed by atoms with E-state index in [4.69, 9.17) is 4.98 Å². The number of benzene rings is 1. The molecule has 0 atom stereocenters. The quantitative estimate of drug-likeness (QED) is 0.689. The topological polar surface area (TPSA) is 47.8 Å². The van der Waals surface area contributed by atoms with Crippen molar-refractivity contribution in [3.05, 3.63) is 46.2 Å². The van der Waals surface area contributed by atoms with Crippen LogP contribution in [0.1, 0.15) is 41.1 Å². The van der Waals surface area contributed by atoms with Gasteiger partial charge in [-0.2, -0.15) is 0 Å². The minimum atomic E-state index is 0.341. The van der Waals surface area contributed by atoms with Gasteiger partial charge in [0.25, 0.3) is 0 Å². The van der Waals surface area contributed by atoms with Crippen LogP contribution in [0.3, 0.4) is 0 Å². The van der Waals surface area contributed by atoms with Crippen LogP contribution in [-0.2, 0) is 6.54 Å². The molecule has 0 bridgehead atoms. The molecule has 1 aromatic carbocycles. The Labute approximate surface area is 121 Å². The van der Waals surface area contributed by atoms with Crippen LogP contribution in [0.4, 0.5) is 0 Å². The van der Waals surface area contributed by atoms with Crippen LogP contribution in [0.5, 0.6) is 0 Å². The molecule has 0 unspecified atom stereocenters. The Morgan fingerprint density at radius 2 is 2.10 bits per heavy atom. The zero-order chi connectivity index (χ0) is 14.1. The third-order valence-electron chi connectivity index (χ3n) is 3.18. The van der Waals surface area contributed by atoms with Crippen molar-refractivity contribution in [2.24, 2.45) is 0 Å². The summed E-state index contributed by atoms with van der Waals surface area (Å²) in [4.78, 5) is 19.8. The number of carbonyl (C=O) groups is 1. The van der Waals surface area contributed by atoms with Crippen LogP contribution in [0.25, 0.3) is 11.0 Å². The number of hydrogen-bond acceptors (Lipinski definition) is 4. The zero-order valence-corrected chi connectivity index (χ0v) is 12.2. The van der Waals surface area contributed by atoms with E-state index in [-0.39, 0.29) is 0 Å². The van der Waals surface area contributed by atoms with Gasteiger partial charge in [-0.25, -0.2) is 9.97 Å². The van der Waals surface area contributed by atoms with Crippen molar-refractivity contribution in [3.8, 4) is 0 Å². The number of aromatic nitrogens is 3. The molecule has 102 valence electrons. The van der Waals surface area contributed by atoms with Gasteiger partial charge in [0.1, 0.15) is 16.5 Å². The molecule has 0 spiro atoms. The lowest BCUT2D eigenvalue weighted by molar-refractivity contribution is 0.111. The predicted molar refractivity (Wildman–Crippen MR) is 80.4 cm³/mol. The number of fused-ring (bicyclic) bond motifs is 1. The molecule has 20 heavy (non-hydrogen) atoms. The Balaban J connectivity index is 2.08. The molecule has 5 heteroatoms. The molecule has 0 N–H and O–H groups in total. The van der Waals surface area contributed by atoms with Gasteiger partial charge in [-0.05, 0) is 12.1 Å². The van der Waals surface area contributed by atoms with Gasteiger partial charge in [-0.15, -0.1) is 11.3 Å². The minimum absolute atomic E-state index is 0.341. The number of carbonyl (C=O) groups excluding carboxylic acids is 1. The van der Waals surface area contributed by atoms with Gasteiger partial charge in [0.15, 0.2) is 6.29 Å². The van der Waals surface area contributed by atoms with Gasteiger partial charge in [-0.1, -0.05) is 26.0 Å². The normalized spacial score (nSPS) is 11.3. The molecule has 0 amide bonds. The maximum Gasteiger partial charge on any atom is 0.169 e. The van der Waals surface area contributed by atoms with Gasteiger partial charge in [0.2, 0.25) is 0 Å². The smallest absolute Gasteiger partial charge is 0.169 e. The molecule has 0 aliphatic rings. The first-order valence-electron chi connectivity index (χ1n) is 6.54. The summed E-state index contributed by atoms with van der Waals surface area (Å²) in [6.45, 7) is 4.93. The molecule has 0 radical (unpaired) electrons. The molecule has 0 aliphatic carbocycles. The molecule has 3 aromatic rings. The van der Waals surface area contributed by atoms with E-state index in [0.717, 1.165) is 28.2 Å². The average Bonchev–Trinajstić information content (AvgIpc) is 3.04. The predicted octanol–water partition coefficient (Wildman–Crippen LogP) is 3.48. The molecule has 0 fully saturated rings. The highest BCUT2D eigenvalue weighted by Crippen LogP contribution is 2.23. The van der Waals surface area contributed by atoms with Crippen molar-refractivity contribution in [2.45, 2.75) is 26.3 Å². The van der Waals surface area contributed by atoms with Crippen molar-refractivity contribution >= 4 is 28.7 Å². The number of nitrogens with zero attached hydrogens (tertiary/aromatic N) is 3. The van der Waals surface area contributed by atoms with Gasteiger partial charge in [0.05, 0.1) is 17.6 Å². The van der Waals surface area contributed by atoms with Gasteiger partial charge in [-0.3, -0.25) is 4.79 Å². The highest BCUT2D eigenvalue weighted by atomic mass is 32.1. The van der Waals surface area contributed by atoms with Crippen LogP contribution in [0.15, 0.2) is 29.6 Å². The standard InChI is InChI=1S/C15H15N3OS/c1-10(2)15-17-12-5-3-4-6-13(12)18(15)7-14-16-11(8-19)9-20-14/h3-6,8-10H,7H2,1-2H3. The summed E-state index contributed by atoms with van der Waals surface area (Å²) < 4.78 is 2.19. The summed E-state index contributed by atoms with van der Waals surface area (Å²) in [5.74, 6) is 1.39. The molecule has 2 heterocycles. The molecule has 0 saturated heterocycles. The Hall–Kier alpha value is -2.01. The first-order chi connectivity index (χ1) is 9.69. The van der Waals surface area contributed by atoms with Crippen LogP contribution in [-0.4, -0.2) is 20.8 Å². The summed E-state index contributed by atoms with van der Waals surface area (Å²) in [5, 5.41) is 2.72. The summed E-state index contributed by atoms with van der Waals surface area (Å²) >= 11 is 1.51. The number of rotatable bonds is 4. The molecule has 0 saturated carbocycles. The second kappa shape index (κ2) is 5.17. The van der Waals surface area contributed by atoms with E-state index in [1.807, 2.05) is 18.2 Å². The van der Waals surface area contributed by atoms with E-state index in [0.29, 0.717) is 18.2 Å². The first-order valence-corrected chi connectivity index (χ1v) is 7.41. The molecule has 3 rings (SSSR count). The second-order valence-corrected chi connectivity index (χ2v) is 5.93. The van der Waals surface area contributed by atoms with E-state index < -0.39 is 0 Å². The highest BCUT2D eigenvalue weighted by Gasteiger charge is 2.14. The Kier molecular flexibility index (Phi) is 3.36. The van der Waals surface area contributed by atoms with Crippen LogP contribution in [0.2, 0.25) is 0 Å². The van der Waals surface area contributed by atoms with E-state index in [1.165, 1.54) is 11.3 Å². The molecular formula is C15H15N3OS. The van der Waals surface area contributed by atoms with E-state index in [9.17, 15) is 4.79 Å². The zero-order valence-electron chi connectivity index (χ0n) is 11.4. The molecular weight excluding hydrogens is 270 g/mol. The second-order valence-electron chi connectivity index (χ2n) is 4.98. The first kappa shape index (κ1) is 13.0. The number of thiazole rings is 1. The Morgan fingerprint density at radius 1 is 1.30 bits per heavy atom. The fraction of sp³-hybridized carbons (Fsp3) is 0.267. The maximum atomic E-state index is 10.7. The van der Waals surface area contributed by atoms with Crippen LogP contribution >= 0.6 is 11.3 Å². The highest BCUT2D eigenvalue weighted by molar-refractivity contribution is 7.09. The fourth-order valence-corrected chi connectivity index (χ4v) is 3.01. The van der Waals surface area contributed by atoms with E-state index >= 15 is 0 Å². The van der Waals surface area contributed by atoms with Crippen molar-refractivity contribution < 1.29 is 4.79 Å². The summed E-state index contributed by atoms with van der Waals surface area (Å²) in [7, 11) is 0. The van der Waals surface area contributed by atoms with E-state index in [1.54, 1.807) is 5.38 Å². The van der Waals surface area contributed by atoms with Crippen molar-refractivity contribution in [3.63, 3.8) is 0 Å². The minimum Gasteiger partial charge on any atom is -0.321 e. The third-order valence-corrected chi connectivity index (χ3v) is 4.04. The summed E-state index contributed by atoms with van der Waals surface area (Å²) in [6, 6.07) is 8.11. The van der Waals surface area contributed by atoms with E-state index in [2.05, 4.69) is 29.5 Å². The van der Waals surface area contributed by atoms with Gasteiger partial charge in [0, 0.05) is 11.3 Å². The lowest BCUT2D eigenvalue weighted by Crippen LogP contribution is -2.06. The maximum absolute atomic E-state index is 10.7. The monoisotopic (exact) mass is 285 g/mol. The van der Waals surface area contributed by atoms with Crippen molar-refractivity contribution in [1.82, 2.24) is 14.5 Å². The SMILES string of the molecule is CC(C)c1nc2ccccc2n1Cc1nc(C=O)cs1. The van der Waals surface area contributed by atoms with Crippen molar-refractivity contribution in [1.29, 1.82) is 0 Å². The summed E-state index contributed by atoms with van der Waals surface area (Å²) in [6.07, 6.45) is 0.787. The third kappa shape index (κ3) is 2.25. The number of aldehydes is 1. The Bertz CT molecular complexity index is 757. The Morgan fingerprint density at radius 3 is 2.80 bits per heavy atom. The fourth-order valence-electron chi connectivity index (χ4n) is 2.29. The van der Waals surface area contributed by atoms with Gasteiger partial charge < -0.3 is 4.57 Å². The number of hydrogen-bond donors (Lipinski definition) is 0. The summed E-state index contributed by atoms with van der Waals surface area (Å²) in [5.41, 5.74) is 2.61. The largest absolute Gasteiger partial charge is 0.321 e. The molecule has 4 nitrogen and oxygen atoms in total. The average molecular weight is 285 g/mol.